The van der Waals surface area contributed by atoms with Crippen molar-refractivity contribution in [1.29, 1.82) is 0 Å². The number of aryl methyl sites for hydroxylation is 1. The third-order valence-electron chi connectivity index (χ3n) is 1.69. The Labute approximate surface area is 83.3 Å². The molecule has 6 heteroatoms. The second kappa shape index (κ2) is 3.88. The van der Waals surface area contributed by atoms with Crippen molar-refractivity contribution < 1.29 is 18.7 Å². The van der Waals surface area contributed by atoms with E-state index >= 15 is 0 Å². The number of aromatic carboxylic acids is 1. The summed E-state index contributed by atoms with van der Waals surface area (Å²) in [6.07, 6.45) is -1.79. The van der Waals surface area contributed by atoms with Crippen LogP contribution in [0.4, 0.5) is 8.78 Å². The number of pyridine rings is 1. The van der Waals surface area contributed by atoms with E-state index in [9.17, 15) is 13.6 Å². The molecule has 0 bridgehead atoms. The van der Waals surface area contributed by atoms with Gasteiger partial charge in [-0.2, -0.15) is 0 Å². The molecule has 0 aliphatic rings. The van der Waals surface area contributed by atoms with E-state index < -0.39 is 28.7 Å². The van der Waals surface area contributed by atoms with Gasteiger partial charge in [-0.15, -0.1) is 0 Å². The zero-order valence-corrected chi connectivity index (χ0v) is 7.85. The molecule has 0 unspecified atom stereocenters. The topological polar surface area (TPSA) is 50.2 Å². The molecule has 0 saturated heterocycles. The summed E-state index contributed by atoms with van der Waals surface area (Å²) in [7, 11) is 0. The van der Waals surface area contributed by atoms with Gasteiger partial charge in [0.2, 0.25) is 0 Å². The van der Waals surface area contributed by atoms with Crippen molar-refractivity contribution in [3.8, 4) is 0 Å². The minimum absolute atomic E-state index is 0.164. The number of aromatic nitrogens is 1. The molecule has 1 aromatic rings. The first kappa shape index (κ1) is 10.8. The molecule has 1 heterocycles. The van der Waals surface area contributed by atoms with Crippen LogP contribution < -0.4 is 0 Å². The molecule has 0 fully saturated rings. The molecule has 0 saturated carbocycles. The first-order valence-corrected chi connectivity index (χ1v) is 3.99. The maximum Gasteiger partial charge on any atom is 0.336 e. The Balaban J connectivity index is 3.50. The molecule has 0 aliphatic heterocycles. The molecule has 1 rings (SSSR count). The molecular weight excluding hydrogens is 216 g/mol. The number of hydrogen-bond donors (Lipinski definition) is 1. The lowest BCUT2D eigenvalue weighted by molar-refractivity contribution is 0.0683. The molecule has 1 N–H and O–H groups in total. The summed E-state index contributed by atoms with van der Waals surface area (Å²) in [5, 5.41) is 8.23. The highest BCUT2D eigenvalue weighted by Gasteiger charge is 2.24. The molecule has 0 amide bonds. The summed E-state index contributed by atoms with van der Waals surface area (Å²) in [6, 6.07) is 0. The predicted octanol–water partition coefficient (Wildman–Crippen LogP) is 2.68. The lowest BCUT2D eigenvalue weighted by Gasteiger charge is -2.08. The van der Waals surface area contributed by atoms with E-state index in [0.29, 0.717) is 0 Å². The molecule has 0 radical (unpaired) electrons. The van der Waals surface area contributed by atoms with Crippen molar-refractivity contribution in [2.45, 2.75) is 13.3 Å². The minimum atomic E-state index is -2.94. The number of rotatable bonds is 2. The summed E-state index contributed by atoms with van der Waals surface area (Å²) >= 11 is 5.39. The Bertz CT molecular complexity index is 382. The zero-order valence-electron chi connectivity index (χ0n) is 7.09. The van der Waals surface area contributed by atoms with E-state index in [-0.39, 0.29) is 5.56 Å². The number of carboxylic acid groups (broad SMARTS) is 1. The van der Waals surface area contributed by atoms with Crippen LogP contribution in [-0.4, -0.2) is 16.1 Å². The van der Waals surface area contributed by atoms with Crippen molar-refractivity contribution in [3.63, 3.8) is 0 Å². The Kier molecular flexibility index (Phi) is 3.00. The largest absolute Gasteiger partial charge is 0.478 e. The van der Waals surface area contributed by atoms with Crippen LogP contribution in [0.15, 0.2) is 6.20 Å². The maximum absolute atomic E-state index is 12.4. The second-order valence-electron chi connectivity index (χ2n) is 2.63. The van der Waals surface area contributed by atoms with Crippen LogP contribution in [0.3, 0.4) is 0 Å². The number of nitrogens with zero attached hydrogens (tertiary/aromatic N) is 1. The van der Waals surface area contributed by atoms with Gasteiger partial charge < -0.3 is 5.11 Å². The highest BCUT2D eigenvalue weighted by molar-refractivity contribution is 6.30. The Hall–Kier alpha value is -1.23. The lowest BCUT2D eigenvalue weighted by Crippen LogP contribution is -2.07. The van der Waals surface area contributed by atoms with Gasteiger partial charge in [-0.3, -0.25) is 0 Å². The summed E-state index contributed by atoms with van der Waals surface area (Å²) in [5.74, 6) is -1.43. The molecule has 76 valence electrons. The monoisotopic (exact) mass is 221 g/mol. The van der Waals surface area contributed by atoms with Crippen molar-refractivity contribution in [1.82, 2.24) is 4.98 Å². The molecule has 0 atom stereocenters. The van der Waals surface area contributed by atoms with Gasteiger partial charge in [0.15, 0.2) is 0 Å². The van der Waals surface area contributed by atoms with Crippen LogP contribution in [0, 0.1) is 6.92 Å². The molecule has 0 spiro atoms. The van der Waals surface area contributed by atoms with Crippen LogP contribution in [0.2, 0.25) is 5.15 Å². The third-order valence-corrected chi connectivity index (χ3v) is 1.99. The van der Waals surface area contributed by atoms with Gasteiger partial charge in [-0.25, -0.2) is 18.6 Å². The molecule has 1 aromatic heterocycles. The van der Waals surface area contributed by atoms with Crippen molar-refractivity contribution in [2.24, 2.45) is 0 Å². The van der Waals surface area contributed by atoms with Crippen molar-refractivity contribution in [3.05, 3.63) is 28.0 Å². The summed E-state index contributed by atoms with van der Waals surface area (Å²) < 4.78 is 24.9. The van der Waals surface area contributed by atoms with Crippen LogP contribution in [0.1, 0.15) is 27.9 Å². The fourth-order valence-electron chi connectivity index (χ4n) is 1.09. The molecule has 3 nitrogen and oxygen atoms in total. The first-order chi connectivity index (χ1) is 6.45. The molecule has 0 aromatic carbocycles. The highest BCUT2D eigenvalue weighted by atomic mass is 35.5. The molecule has 0 aliphatic carbocycles. The van der Waals surface area contributed by atoms with Gasteiger partial charge in [0.25, 0.3) is 6.43 Å². The average Bonchev–Trinajstić information content (AvgIpc) is 2.07. The summed E-state index contributed by atoms with van der Waals surface area (Å²) in [4.78, 5) is 14.1. The van der Waals surface area contributed by atoms with E-state index in [1.165, 1.54) is 6.92 Å². The van der Waals surface area contributed by atoms with Crippen LogP contribution >= 0.6 is 11.6 Å². The van der Waals surface area contributed by atoms with E-state index in [0.717, 1.165) is 6.20 Å². The normalized spacial score (nSPS) is 10.6. The third kappa shape index (κ3) is 1.82. The van der Waals surface area contributed by atoms with Crippen LogP contribution in [0.5, 0.6) is 0 Å². The van der Waals surface area contributed by atoms with Gasteiger partial charge in [0.05, 0.1) is 11.1 Å². The Morgan fingerprint density at radius 3 is 2.57 bits per heavy atom. The SMILES string of the molecule is Cc1cnc(Cl)c(C(F)F)c1C(=O)O. The fourth-order valence-corrected chi connectivity index (χ4v) is 1.31. The van der Waals surface area contributed by atoms with Gasteiger partial charge >= 0.3 is 5.97 Å². The maximum atomic E-state index is 12.4. The van der Waals surface area contributed by atoms with Gasteiger partial charge in [-0.05, 0) is 12.5 Å². The van der Waals surface area contributed by atoms with E-state index in [1.54, 1.807) is 0 Å². The Morgan fingerprint density at radius 2 is 2.21 bits per heavy atom. The van der Waals surface area contributed by atoms with Gasteiger partial charge in [-0.1, -0.05) is 11.6 Å². The number of carboxylic acids is 1. The van der Waals surface area contributed by atoms with Crippen LogP contribution in [0.25, 0.3) is 0 Å². The standard InChI is InChI=1S/C8H6ClF2NO2/c1-3-2-12-6(9)5(7(10)11)4(3)8(13)14/h2,7H,1H3,(H,13,14). The number of halogens is 3. The van der Waals surface area contributed by atoms with Crippen molar-refractivity contribution in [2.75, 3.05) is 0 Å². The Morgan fingerprint density at radius 1 is 1.64 bits per heavy atom. The first-order valence-electron chi connectivity index (χ1n) is 3.61. The lowest BCUT2D eigenvalue weighted by atomic mass is 10.1. The number of alkyl halides is 2. The average molecular weight is 222 g/mol. The second-order valence-corrected chi connectivity index (χ2v) is 2.98. The van der Waals surface area contributed by atoms with Crippen LogP contribution in [-0.2, 0) is 0 Å². The van der Waals surface area contributed by atoms with E-state index in [4.69, 9.17) is 16.7 Å². The summed E-state index contributed by atoms with van der Waals surface area (Å²) in [6.45, 7) is 1.39. The zero-order chi connectivity index (χ0) is 10.9. The summed E-state index contributed by atoms with van der Waals surface area (Å²) in [5.41, 5.74) is -1.03. The molecular formula is C8H6ClF2NO2. The van der Waals surface area contributed by atoms with E-state index in [1.807, 2.05) is 0 Å². The molecule has 14 heavy (non-hydrogen) atoms. The van der Waals surface area contributed by atoms with Gasteiger partial charge in [0, 0.05) is 6.20 Å². The van der Waals surface area contributed by atoms with Crippen molar-refractivity contribution >= 4 is 17.6 Å². The number of hydrogen-bond acceptors (Lipinski definition) is 2. The fraction of sp³-hybridized carbons (Fsp3) is 0.250. The van der Waals surface area contributed by atoms with Gasteiger partial charge in [0.1, 0.15) is 5.15 Å². The number of carbonyl (C=O) groups is 1. The van der Waals surface area contributed by atoms with E-state index in [2.05, 4.69) is 4.98 Å². The minimum Gasteiger partial charge on any atom is -0.478 e. The predicted molar refractivity (Wildman–Crippen MR) is 45.9 cm³/mol. The highest BCUT2D eigenvalue weighted by Crippen LogP contribution is 2.30. The smallest absolute Gasteiger partial charge is 0.336 e. The quantitative estimate of drug-likeness (QED) is 0.781.